The van der Waals surface area contributed by atoms with Crippen molar-refractivity contribution in [3.05, 3.63) is 59.5 Å². The quantitative estimate of drug-likeness (QED) is 0.532. The van der Waals surface area contributed by atoms with Crippen LogP contribution in [0.5, 0.6) is 0 Å². The summed E-state index contributed by atoms with van der Waals surface area (Å²) in [5.41, 5.74) is 6.56. The van der Waals surface area contributed by atoms with Crippen molar-refractivity contribution in [2.75, 3.05) is 20.1 Å². The number of nitrogens with one attached hydrogen (secondary N) is 2. The minimum Gasteiger partial charge on any atom is -0.454 e. The van der Waals surface area contributed by atoms with Crippen LogP contribution in [-0.2, 0) is 13.1 Å². The number of furan rings is 1. The predicted octanol–water partition coefficient (Wildman–Crippen LogP) is 1.71. The van der Waals surface area contributed by atoms with Crippen LogP contribution in [0.1, 0.15) is 34.7 Å². The Morgan fingerprint density at radius 2 is 1.96 bits per heavy atom. The van der Waals surface area contributed by atoms with Crippen LogP contribution in [0.2, 0.25) is 0 Å². The topological polar surface area (TPSA) is 95.9 Å². The molecule has 1 amide bonds. The van der Waals surface area contributed by atoms with Crippen molar-refractivity contribution >= 4 is 11.9 Å². The van der Waals surface area contributed by atoms with E-state index in [1.807, 2.05) is 0 Å². The van der Waals surface area contributed by atoms with Crippen LogP contribution >= 0.6 is 0 Å². The third-order valence-corrected chi connectivity index (χ3v) is 4.74. The molecule has 0 saturated carbocycles. The number of amides is 1. The molecule has 0 unspecified atom stereocenters. The molecule has 1 aromatic carbocycles. The van der Waals surface area contributed by atoms with E-state index in [4.69, 9.17) is 10.2 Å². The lowest BCUT2D eigenvalue weighted by Crippen LogP contribution is -2.48. The molecule has 0 atom stereocenters. The number of piperidine rings is 1. The Kier molecular flexibility index (Phi) is 6.49. The van der Waals surface area contributed by atoms with E-state index in [0.29, 0.717) is 18.3 Å². The first-order valence-electron chi connectivity index (χ1n) is 9.26. The number of hydrogen-bond acceptors (Lipinski definition) is 4. The molecular formula is C20H27N5O2. The molecule has 144 valence electrons. The fourth-order valence-corrected chi connectivity index (χ4v) is 3.24. The van der Waals surface area contributed by atoms with Gasteiger partial charge in [-0.15, -0.1) is 0 Å². The molecule has 3 rings (SSSR count). The van der Waals surface area contributed by atoms with Gasteiger partial charge in [-0.3, -0.25) is 14.7 Å². The van der Waals surface area contributed by atoms with Gasteiger partial charge in [0.05, 0.1) is 6.54 Å². The summed E-state index contributed by atoms with van der Waals surface area (Å²) in [7, 11) is 1.75. The molecule has 27 heavy (non-hydrogen) atoms. The van der Waals surface area contributed by atoms with Gasteiger partial charge in [0.1, 0.15) is 5.76 Å². The molecule has 2 aromatic rings. The number of hydrogen-bond donors (Lipinski definition) is 3. The molecule has 7 nitrogen and oxygen atoms in total. The lowest BCUT2D eigenvalue weighted by atomic mass is 10.0. The molecule has 1 aliphatic heterocycles. The van der Waals surface area contributed by atoms with Crippen molar-refractivity contribution < 1.29 is 9.21 Å². The highest BCUT2D eigenvalue weighted by Gasteiger charge is 2.20. The summed E-state index contributed by atoms with van der Waals surface area (Å²) in [5, 5.41) is 6.68. The van der Waals surface area contributed by atoms with Crippen molar-refractivity contribution in [2.24, 2.45) is 10.7 Å². The Morgan fingerprint density at radius 3 is 2.59 bits per heavy atom. The summed E-state index contributed by atoms with van der Waals surface area (Å²) in [6, 6.07) is 14.3. The number of nitrogens with two attached hydrogens (primary N) is 1. The largest absolute Gasteiger partial charge is 0.454 e. The van der Waals surface area contributed by atoms with Gasteiger partial charge in [-0.2, -0.15) is 0 Å². The number of carbonyl (C=O) groups is 1. The third-order valence-electron chi connectivity index (χ3n) is 4.74. The highest BCUT2D eigenvalue weighted by Crippen LogP contribution is 2.14. The van der Waals surface area contributed by atoms with Crippen molar-refractivity contribution in [1.29, 1.82) is 0 Å². The summed E-state index contributed by atoms with van der Waals surface area (Å²) in [5.74, 6) is 0.976. The Balaban J connectivity index is 1.42. The van der Waals surface area contributed by atoms with Crippen molar-refractivity contribution in [1.82, 2.24) is 15.5 Å². The molecule has 0 aliphatic carbocycles. The van der Waals surface area contributed by atoms with Gasteiger partial charge in [-0.1, -0.05) is 30.3 Å². The first kappa shape index (κ1) is 19.0. The van der Waals surface area contributed by atoms with Gasteiger partial charge >= 0.3 is 0 Å². The molecular weight excluding hydrogens is 342 g/mol. The summed E-state index contributed by atoms with van der Waals surface area (Å²) < 4.78 is 5.37. The monoisotopic (exact) mass is 369 g/mol. The second-order valence-electron chi connectivity index (χ2n) is 6.74. The van der Waals surface area contributed by atoms with Crippen molar-refractivity contribution in [3.8, 4) is 0 Å². The fourth-order valence-electron chi connectivity index (χ4n) is 3.24. The summed E-state index contributed by atoms with van der Waals surface area (Å²) >= 11 is 0. The van der Waals surface area contributed by atoms with Crippen molar-refractivity contribution in [2.45, 2.75) is 32.0 Å². The Labute approximate surface area is 159 Å². The van der Waals surface area contributed by atoms with Gasteiger partial charge in [-0.25, -0.2) is 0 Å². The second-order valence-corrected chi connectivity index (χ2v) is 6.74. The van der Waals surface area contributed by atoms with Crippen LogP contribution in [-0.4, -0.2) is 42.9 Å². The Hall–Kier alpha value is -2.80. The smallest absolute Gasteiger partial charge is 0.284 e. The van der Waals surface area contributed by atoms with E-state index in [2.05, 4.69) is 50.9 Å². The van der Waals surface area contributed by atoms with E-state index in [1.54, 1.807) is 19.2 Å². The first-order chi connectivity index (χ1) is 13.1. The van der Waals surface area contributed by atoms with Crippen LogP contribution in [0.4, 0.5) is 0 Å². The highest BCUT2D eigenvalue weighted by molar-refractivity contribution is 5.89. The van der Waals surface area contributed by atoms with E-state index in [-0.39, 0.29) is 5.76 Å². The molecule has 1 saturated heterocycles. The van der Waals surface area contributed by atoms with Gasteiger partial charge in [0.15, 0.2) is 11.7 Å². The maximum Gasteiger partial charge on any atom is 0.284 e. The number of rotatable bonds is 6. The number of nitrogens with zero attached hydrogens (tertiary/aromatic N) is 2. The van der Waals surface area contributed by atoms with Gasteiger partial charge in [-0.05, 0) is 30.5 Å². The van der Waals surface area contributed by atoms with Crippen LogP contribution < -0.4 is 16.4 Å². The van der Waals surface area contributed by atoms with Crippen LogP contribution in [0, 0.1) is 0 Å². The van der Waals surface area contributed by atoms with Gasteiger partial charge in [0, 0.05) is 32.7 Å². The number of likely N-dealkylation sites (tertiary alicyclic amines) is 1. The van der Waals surface area contributed by atoms with Crippen LogP contribution in [0.15, 0.2) is 51.9 Å². The average molecular weight is 369 g/mol. The molecule has 1 aromatic heterocycles. The van der Waals surface area contributed by atoms with E-state index in [1.165, 1.54) is 5.56 Å². The molecule has 0 radical (unpaired) electrons. The normalized spacial score (nSPS) is 16.3. The maximum absolute atomic E-state index is 11.1. The van der Waals surface area contributed by atoms with E-state index in [0.717, 1.165) is 38.4 Å². The summed E-state index contributed by atoms with van der Waals surface area (Å²) in [4.78, 5) is 17.8. The number of guanidine groups is 1. The summed E-state index contributed by atoms with van der Waals surface area (Å²) in [6.45, 7) is 3.56. The minimum atomic E-state index is -0.564. The standard InChI is InChI=1S/C20H27N5O2/c1-22-20(23-13-17-7-8-18(27-17)19(21)26)24-16-9-11-25(12-10-16)14-15-5-3-2-4-6-15/h2-8,16H,9-14H2,1H3,(H2,21,26)(H2,22,23,24). The van der Waals surface area contributed by atoms with E-state index in [9.17, 15) is 4.79 Å². The highest BCUT2D eigenvalue weighted by atomic mass is 16.3. The Bertz CT molecular complexity index is 764. The number of benzene rings is 1. The molecule has 1 aliphatic rings. The number of primary amides is 1. The maximum atomic E-state index is 11.1. The molecule has 4 N–H and O–H groups in total. The molecule has 0 bridgehead atoms. The average Bonchev–Trinajstić information content (AvgIpc) is 3.17. The molecule has 1 fully saturated rings. The minimum absolute atomic E-state index is 0.167. The van der Waals surface area contributed by atoms with E-state index >= 15 is 0 Å². The number of carbonyl (C=O) groups excluding carboxylic acids is 1. The van der Waals surface area contributed by atoms with Gasteiger partial charge in [0.2, 0.25) is 0 Å². The number of aliphatic imine (C=N–C) groups is 1. The van der Waals surface area contributed by atoms with Gasteiger partial charge < -0.3 is 20.8 Å². The molecule has 0 spiro atoms. The lowest BCUT2D eigenvalue weighted by Gasteiger charge is -2.33. The van der Waals surface area contributed by atoms with E-state index < -0.39 is 5.91 Å². The third kappa shape index (κ3) is 5.59. The predicted molar refractivity (Wildman–Crippen MR) is 105 cm³/mol. The SMILES string of the molecule is CN=C(NCc1ccc(C(N)=O)o1)NC1CCN(Cc2ccccc2)CC1. The van der Waals surface area contributed by atoms with Crippen LogP contribution in [0.3, 0.4) is 0 Å². The lowest BCUT2D eigenvalue weighted by molar-refractivity contribution is 0.0972. The zero-order valence-electron chi connectivity index (χ0n) is 15.6. The molecule has 7 heteroatoms. The van der Waals surface area contributed by atoms with Gasteiger partial charge in [0.25, 0.3) is 5.91 Å². The summed E-state index contributed by atoms with van der Waals surface area (Å²) in [6.07, 6.45) is 2.14. The zero-order valence-corrected chi connectivity index (χ0v) is 15.6. The fraction of sp³-hybridized carbons (Fsp3) is 0.400. The second kappa shape index (κ2) is 9.23. The van der Waals surface area contributed by atoms with Crippen LogP contribution in [0.25, 0.3) is 0 Å². The zero-order chi connectivity index (χ0) is 19.1. The molecule has 2 heterocycles. The first-order valence-corrected chi connectivity index (χ1v) is 9.26. The Morgan fingerprint density at radius 1 is 1.22 bits per heavy atom. The van der Waals surface area contributed by atoms with Crippen molar-refractivity contribution in [3.63, 3.8) is 0 Å².